The van der Waals surface area contributed by atoms with Crippen LogP contribution >= 0.6 is 34.4 Å². The Hall–Kier alpha value is -3.90. The molecule has 7 aromatic rings. The van der Waals surface area contributed by atoms with Crippen LogP contribution in [-0.4, -0.2) is 8.75 Å². The van der Waals surface area contributed by atoms with Crippen LogP contribution in [0.15, 0.2) is 72.8 Å². The minimum atomic E-state index is -0.0387. The van der Waals surface area contributed by atoms with E-state index in [-0.39, 0.29) is 21.7 Å². The highest BCUT2D eigenvalue weighted by Crippen LogP contribution is 2.62. The van der Waals surface area contributed by atoms with Crippen LogP contribution in [0.4, 0.5) is 0 Å². The Bertz CT molecular complexity index is 3270. The maximum atomic E-state index is 5.18. The van der Waals surface area contributed by atoms with Gasteiger partial charge in [0.2, 0.25) is 0 Å². The quantitative estimate of drug-likeness (QED) is 0.0361. The molecule has 4 aromatic carbocycles. The topological polar surface area (TPSA) is 25.8 Å². The minimum Gasteiger partial charge on any atom is -0.172 e. The van der Waals surface area contributed by atoms with Crippen molar-refractivity contribution in [3.63, 3.8) is 0 Å². The predicted octanol–water partition coefficient (Wildman–Crippen LogP) is 28.2. The van der Waals surface area contributed by atoms with Crippen molar-refractivity contribution < 1.29 is 0 Å². The van der Waals surface area contributed by atoms with E-state index in [9.17, 15) is 0 Å². The van der Waals surface area contributed by atoms with Gasteiger partial charge in [0.25, 0.3) is 0 Å². The molecule has 3 aromatic heterocycles. The summed E-state index contributed by atoms with van der Waals surface area (Å²) in [6.07, 6.45) is 45.9. The molecule has 2 aliphatic rings. The molecule has 0 atom stereocenters. The fourth-order valence-electron chi connectivity index (χ4n) is 15.7. The van der Waals surface area contributed by atoms with Gasteiger partial charge in [-0.05, 0) is 153 Å². The zero-order chi connectivity index (χ0) is 62.3. The van der Waals surface area contributed by atoms with Gasteiger partial charge in [0.1, 0.15) is 11.0 Å². The highest BCUT2D eigenvalue weighted by atomic mass is 32.1. The number of thiophene rings is 2. The van der Waals surface area contributed by atoms with E-state index in [1.54, 1.807) is 38.9 Å². The second-order valence-corrected chi connectivity index (χ2v) is 32.6. The molecule has 0 unspecified atom stereocenters. The van der Waals surface area contributed by atoms with E-state index in [4.69, 9.17) is 8.75 Å². The monoisotopic (exact) mass is 1240 g/mol. The summed E-state index contributed by atoms with van der Waals surface area (Å²) in [5.41, 5.74) is 23.4. The van der Waals surface area contributed by atoms with Crippen LogP contribution in [0.2, 0.25) is 0 Å². The number of unbranched alkanes of at least 4 members (excludes halogenated alkanes) is 25. The molecule has 0 fully saturated rings. The molecule has 9 rings (SSSR count). The molecule has 0 spiro atoms. The summed E-state index contributed by atoms with van der Waals surface area (Å²) in [5, 5.41) is 0. The number of aryl methyl sites for hydroxylation is 2. The first-order valence-electron chi connectivity index (χ1n) is 36.6. The summed E-state index contributed by atoms with van der Waals surface area (Å²) in [6.45, 7) is 28.4. The van der Waals surface area contributed by atoms with Crippen LogP contribution < -0.4 is 0 Å². The maximum Gasteiger partial charge on any atom is 0.114 e. The van der Waals surface area contributed by atoms with Crippen LogP contribution in [0.25, 0.3) is 64.6 Å². The first kappa shape index (κ1) is 68.5. The van der Waals surface area contributed by atoms with Crippen molar-refractivity contribution in [2.24, 2.45) is 0 Å². The van der Waals surface area contributed by atoms with Crippen molar-refractivity contribution in [1.29, 1.82) is 0 Å². The summed E-state index contributed by atoms with van der Waals surface area (Å²) in [5.74, 6) is 0. The third-order valence-electron chi connectivity index (χ3n) is 21.0. The predicted molar refractivity (Wildman–Crippen MR) is 393 cm³/mol. The van der Waals surface area contributed by atoms with Crippen LogP contribution in [0, 0.1) is 6.92 Å². The lowest BCUT2D eigenvalue weighted by molar-refractivity contribution is 0.394. The number of nitrogens with zero attached hydrogens (tertiary/aromatic N) is 2. The van der Waals surface area contributed by atoms with Crippen molar-refractivity contribution in [2.45, 2.75) is 329 Å². The number of aromatic nitrogens is 2. The van der Waals surface area contributed by atoms with E-state index < -0.39 is 0 Å². The standard InChI is InChI=1S/C83H118N2S3/c1-13-18-23-28-33-38-43-62-56-74(86-79(62)67-49-48-66(76-77(67)85-88-84-76)78-60(6)54-75(87-78)81(10,11)12)61-44-46-64-68-58-73-69(59-72(68)82(70(64)55-61,50-39-34-29-24-19-14-2)51-40-35-30-25-20-15-3)65-47-45-63(80(7,8)9)57-71(65)83(73,52-41-36-31-26-21-16-4)53-42-37-32-27-22-17-5/h44-49,54-59H,13-43,50-53H2,1-12H3. The average Bonchev–Trinajstić information content (AvgIpc) is 1.56. The zero-order valence-electron chi connectivity index (χ0n) is 57.8. The molecule has 5 heteroatoms. The summed E-state index contributed by atoms with van der Waals surface area (Å²) in [6, 6.07) is 31.4. The van der Waals surface area contributed by atoms with Crippen LogP contribution in [-0.2, 0) is 28.1 Å². The largest absolute Gasteiger partial charge is 0.172 e. The van der Waals surface area contributed by atoms with Crippen molar-refractivity contribution in [3.05, 3.63) is 117 Å². The number of hydrogen-bond acceptors (Lipinski definition) is 5. The molecule has 0 amide bonds. The molecule has 0 radical (unpaired) electrons. The second kappa shape index (κ2) is 32.1. The molecule has 3 heterocycles. The fraction of sp³-hybridized carbons (Fsp3) is 0.614. The lowest BCUT2D eigenvalue weighted by atomic mass is 9.68. The maximum absolute atomic E-state index is 5.18. The van der Waals surface area contributed by atoms with Gasteiger partial charge in [-0.1, -0.05) is 305 Å². The molecule has 0 aliphatic heterocycles. The van der Waals surface area contributed by atoms with Gasteiger partial charge in [0.15, 0.2) is 0 Å². The van der Waals surface area contributed by atoms with E-state index >= 15 is 0 Å². The Balaban J connectivity index is 1.21. The molecule has 0 saturated carbocycles. The Morgan fingerprint density at radius 3 is 1.20 bits per heavy atom. The minimum absolute atomic E-state index is 0.0224. The summed E-state index contributed by atoms with van der Waals surface area (Å²) in [7, 11) is 0. The van der Waals surface area contributed by atoms with E-state index in [2.05, 4.69) is 156 Å². The summed E-state index contributed by atoms with van der Waals surface area (Å²) < 4.78 is 10.3. The Morgan fingerprint density at radius 2 is 0.761 bits per heavy atom. The van der Waals surface area contributed by atoms with Gasteiger partial charge in [-0.3, -0.25) is 0 Å². The fourth-order valence-corrected chi connectivity index (χ4v) is 18.7. The van der Waals surface area contributed by atoms with Crippen LogP contribution in [0.5, 0.6) is 0 Å². The first-order valence-corrected chi connectivity index (χ1v) is 39.0. The van der Waals surface area contributed by atoms with Gasteiger partial charge in [0, 0.05) is 41.5 Å². The normalized spacial score (nSPS) is 14.1. The van der Waals surface area contributed by atoms with Crippen LogP contribution in [0.3, 0.4) is 0 Å². The molecular formula is C83H118N2S3. The lowest BCUT2D eigenvalue weighted by Gasteiger charge is -2.35. The van der Waals surface area contributed by atoms with Gasteiger partial charge in [-0.25, -0.2) is 0 Å². The van der Waals surface area contributed by atoms with Gasteiger partial charge in [0.05, 0.1) is 11.7 Å². The van der Waals surface area contributed by atoms with E-state index in [0.717, 1.165) is 17.5 Å². The third kappa shape index (κ3) is 15.8. The molecule has 2 aliphatic carbocycles. The van der Waals surface area contributed by atoms with Crippen molar-refractivity contribution in [2.75, 3.05) is 0 Å². The number of hydrogen-bond donors (Lipinski definition) is 0. The van der Waals surface area contributed by atoms with Crippen molar-refractivity contribution >= 4 is 45.4 Å². The molecule has 478 valence electrons. The Kier molecular flexibility index (Phi) is 25.0. The molecular weight excluding hydrogens is 1120 g/mol. The molecule has 0 saturated heterocycles. The number of rotatable bonds is 38. The number of fused-ring (bicyclic) bond motifs is 7. The highest BCUT2D eigenvalue weighted by molar-refractivity contribution is 7.19. The van der Waals surface area contributed by atoms with Gasteiger partial charge in [-0.15, -0.1) is 22.7 Å². The molecule has 2 nitrogen and oxygen atoms in total. The zero-order valence-corrected chi connectivity index (χ0v) is 60.2. The molecule has 0 bridgehead atoms. The van der Waals surface area contributed by atoms with E-state index in [0.29, 0.717) is 0 Å². The smallest absolute Gasteiger partial charge is 0.114 e. The van der Waals surface area contributed by atoms with Crippen molar-refractivity contribution in [3.8, 4) is 53.6 Å². The Labute approximate surface area is 550 Å². The number of benzene rings is 4. The molecule has 0 N–H and O–H groups in total. The van der Waals surface area contributed by atoms with Gasteiger partial charge >= 0.3 is 0 Å². The van der Waals surface area contributed by atoms with Gasteiger partial charge < -0.3 is 0 Å². The Morgan fingerprint density at radius 1 is 0.364 bits per heavy atom. The summed E-state index contributed by atoms with van der Waals surface area (Å²) >= 11 is 5.36. The highest BCUT2D eigenvalue weighted by Gasteiger charge is 2.48. The van der Waals surface area contributed by atoms with Crippen LogP contribution in [0.1, 0.15) is 338 Å². The first-order chi connectivity index (χ1) is 42.6. The SMILES string of the molecule is CCCCCCCCc1cc(-c2ccc3c(c2)C(CCCCCCCC)(CCCCCCCC)c2cc4c(cc2-3)C(CCCCCCCC)(CCCCCCCC)c2cc(C(C)(C)C)ccc2-4)sc1-c1ccc(-c2sc(C(C)(C)C)cc2C)c2nsnc12. The second-order valence-electron chi connectivity index (χ2n) is 29.9. The van der Waals surface area contributed by atoms with Crippen molar-refractivity contribution in [1.82, 2.24) is 8.75 Å². The van der Waals surface area contributed by atoms with E-state index in [1.165, 1.54) is 288 Å². The summed E-state index contributed by atoms with van der Waals surface area (Å²) in [4.78, 5) is 5.57. The lowest BCUT2D eigenvalue weighted by Crippen LogP contribution is -2.27. The third-order valence-corrected chi connectivity index (χ3v) is 24.5. The van der Waals surface area contributed by atoms with E-state index in [1.807, 2.05) is 22.7 Å². The molecule has 88 heavy (non-hydrogen) atoms. The average molecular weight is 1240 g/mol. The van der Waals surface area contributed by atoms with Gasteiger partial charge in [-0.2, -0.15) is 8.75 Å².